The van der Waals surface area contributed by atoms with Crippen LogP contribution in [0.1, 0.15) is 12.5 Å². The van der Waals surface area contributed by atoms with Crippen LogP contribution in [0.5, 0.6) is 0 Å². The molecule has 4 rings (SSSR count). The molecule has 0 amide bonds. The van der Waals surface area contributed by atoms with Gasteiger partial charge in [0.1, 0.15) is 5.52 Å². The normalized spacial score (nSPS) is 11.8. The van der Waals surface area contributed by atoms with E-state index in [0.717, 1.165) is 39.7 Å². The minimum absolute atomic E-state index is 0.540. The molecule has 4 aromatic rings. The highest BCUT2D eigenvalue weighted by Gasteiger charge is 2.15. The smallest absolute Gasteiger partial charge is 0.325 e. The minimum atomic E-state index is -3.73. The zero-order valence-electron chi connectivity index (χ0n) is 14.9. The number of nitrogens with one attached hydrogen (secondary N) is 1. The lowest BCUT2D eigenvalue weighted by Crippen LogP contribution is -2.19. The van der Waals surface area contributed by atoms with Crippen LogP contribution in [0.25, 0.3) is 21.8 Å². The molecule has 138 valence electrons. The monoisotopic (exact) mass is 382 g/mol. The molecule has 27 heavy (non-hydrogen) atoms. The standard InChI is InChI=1S/C19H18N4O3S/c1-3-13-4-7-15(8-5-13)22-17-10-11-20-16-9-6-14-12-21-23(19(14)18(16)17)26-27(2,24)25/h4-12H,3H2,1-2H3,(H,20,22). The zero-order chi connectivity index (χ0) is 19.0. The summed E-state index contributed by atoms with van der Waals surface area (Å²) in [5.74, 6) is 0. The lowest BCUT2D eigenvalue weighted by molar-refractivity contribution is 0.256. The summed E-state index contributed by atoms with van der Waals surface area (Å²) in [7, 11) is -3.73. The Morgan fingerprint density at radius 2 is 1.89 bits per heavy atom. The topological polar surface area (TPSA) is 86.1 Å². The van der Waals surface area contributed by atoms with Crippen molar-refractivity contribution in [1.82, 2.24) is 14.9 Å². The predicted octanol–water partition coefficient (Wildman–Crippen LogP) is 3.28. The Bertz CT molecular complexity index is 1230. The molecule has 8 heteroatoms. The van der Waals surface area contributed by atoms with Crippen molar-refractivity contribution in [3.05, 3.63) is 60.4 Å². The molecule has 2 aromatic carbocycles. The molecule has 0 aliphatic heterocycles. The van der Waals surface area contributed by atoms with Crippen molar-refractivity contribution in [3.8, 4) is 0 Å². The Kier molecular flexibility index (Phi) is 4.19. The number of benzene rings is 2. The van der Waals surface area contributed by atoms with E-state index in [1.54, 1.807) is 12.4 Å². The number of aromatic nitrogens is 3. The summed E-state index contributed by atoms with van der Waals surface area (Å²) in [6.45, 7) is 2.11. The van der Waals surface area contributed by atoms with Gasteiger partial charge < -0.3 is 5.32 Å². The third-order valence-electron chi connectivity index (χ3n) is 4.25. The van der Waals surface area contributed by atoms with Crippen LogP contribution < -0.4 is 9.60 Å². The van der Waals surface area contributed by atoms with Crippen molar-refractivity contribution >= 4 is 43.3 Å². The second-order valence-electron chi connectivity index (χ2n) is 6.23. The van der Waals surface area contributed by atoms with E-state index in [2.05, 4.69) is 34.5 Å². The Hall–Kier alpha value is -3.13. The van der Waals surface area contributed by atoms with Gasteiger partial charge in [-0.15, -0.1) is 5.10 Å². The first-order chi connectivity index (χ1) is 12.9. The largest absolute Gasteiger partial charge is 0.355 e. The van der Waals surface area contributed by atoms with Crippen molar-refractivity contribution in [2.24, 2.45) is 0 Å². The van der Waals surface area contributed by atoms with E-state index in [0.29, 0.717) is 11.0 Å². The van der Waals surface area contributed by atoms with Gasteiger partial charge in [-0.1, -0.05) is 23.9 Å². The highest BCUT2D eigenvalue weighted by Crippen LogP contribution is 2.32. The maximum absolute atomic E-state index is 11.6. The SMILES string of the molecule is CCc1ccc(Nc2ccnc3ccc4cnn(OS(C)(=O)=O)c4c23)cc1. The van der Waals surface area contributed by atoms with Gasteiger partial charge in [-0.05, 0) is 42.3 Å². The van der Waals surface area contributed by atoms with Crippen LogP contribution in [-0.2, 0) is 16.5 Å². The van der Waals surface area contributed by atoms with Crippen molar-refractivity contribution in [2.75, 3.05) is 11.6 Å². The molecule has 2 heterocycles. The number of aryl methyl sites for hydroxylation is 1. The number of hydrogen-bond donors (Lipinski definition) is 1. The van der Waals surface area contributed by atoms with E-state index >= 15 is 0 Å². The average Bonchev–Trinajstić information content (AvgIpc) is 3.04. The quantitative estimate of drug-likeness (QED) is 0.570. The Morgan fingerprint density at radius 3 is 2.59 bits per heavy atom. The van der Waals surface area contributed by atoms with Crippen LogP contribution in [0.15, 0.2) is 54.9 Å². The second-order valence-corrected chi connectivity index (χ2v) is 7.78. The van der Waals surface area contributed by atoms with E-state index in [4.69, 9.17) is 4.28 Å². The molecule has 0 spiro atoms. The number of hydrogen-bond acceptors (Lipinski definition) is 6. The van der Waals surface area contributed by atoms with Gasteiger partial charge in [-0.3, -0.25) is 9.27 Å². The summed E-state index contributed by atoms with van der Waals surface area (Å²) in [4.78, 5) is 5.42. The fourth-order valence-corrected chi connectivity index (χ4v) is 3.37. The molecule has 0 saturated heterocycles. The first kappa shape index (κ1) is 17.3. The first-order valence-electron chi connectivity index (χ1n) is 8.46. The maximum Gasteiger partial charge on any atom is 0.325 e. The van der Waals surface area contributed by atoms with Crippen molar-refractivity contribution in [3.63, 3.8) is 0 Å². The van der Waals surface area contributed by atoms with Gasteiger partial charge in [0.15, 0.2) is 0 Å². The molecule has 2 aromatic heterocycles. The molecule has 0 fully saturated rings. The van der Waals surface area contributed by atoms with Crippen LogP contribution in [0, 0.1) is 0 Å². The molecular weight excluding hydrogens is 364 g/mol. The van der Waals surface area contributed by atoms with Crippen molar-refractivity contribution in [2.45, 2.75) is 13.3 Å². The average molecular weight is 382 g/mol. The van der Waals surface area contributed by atoms with Crippen LogP contribution in [0.4, 0.5) is 11.4 Å². The number of pyridine rings is 1. The van der Waals surface area contributed by atoms with Gasteiger partial charge >= 0.3 is 10.1 Å². The summed E-state index contributed by atoms with van der Waals surface area (Å²) in [6, 6.07) is 13.7. The number of nitrogens with zero attached hydrogens (tertiary/aromatic N) is 3. The predicted molar refractivity (Wildman–Crippen MR) is 106 cm³/mol. The van der Waals surface area contributed by atoms with E-state index in [1.165, 1.54) is 5.56 Å². The fraction of sp³-hybridized carbons (Fsp3) is 0.158. The number of rotatable bonds is 5. The molecule has 0 atom stereocenters. The molecule has 0 saturated carbocycles. The highest BCUT2D eigenvalue weighted by atomic mass is 32.2. The number of fused-ring (bicyclic) bond motifs is 3. The Labute approximate surface area is 156 Å². The summed E-state index contributed by atoms with van der Waals surface area (Å²) >= 11 is 0. The van der Waals surface area contributed by atoms with Gasteiger partial charge in [0.25, 0.3) is 0 Å². The first-order valence-corrected chi connectivity index (χ1v) is 10.3. The van der Waals surface area contributed by atoms with Crippen LogP contribution >= 0.6 is 0 Å². The molecule has 0 aliphatic rings. The van der Waals surface area contributed by atoms with Gasteiger partial charge in [-0.2, -0.15) is 8.42 Å². The van der Waals surface area contributed by atoms with Gasteiger partial charge in [-0.25, -0.2) is 0 Å². The third-order valence-corrected chi connectivity index (χ3v) is 4.66. The summed E-state index contributed by atoms with van der Waals surface area (Å²) in [5.41, 5.74) is 4.21. The molecule has 0 unspecified atom stereocenters. The third kappa shape index (κ3) is 3.43. The molecular formula is C19H18N4O3S. The highest BCUT2D eigenvalue weighted by molar-refractivity contribution is 7.86. The summed E-state index contributed by atoms with van der Waals surface area (Å²) in [6.07, 6.45) is 5.22. The molecule has 7 nitrogen and oxygen atoms in total. The second kappa shape index (κ2) is 6.55. The lowest BCUT2D eigenvalue weighted by atomic mass is 10.1. The van der Waals surface area contributed by atoms with E-state index in [-0.39, 0.29) is 0 Å². The van der Waals surface area contributed by atoms with Crippen molar-refractivity contribution < 1.29 is 12.7 Å². The van der Waals surface area contributed by atoms with Crippen LogP contribution in [0.2, 0.25) is 0 Å². The van der Waals surface area contributed by atoms with E-state index in [1.807, 2.05) is 30.3 Å². The van der Waals surface area contributed by atoms with Crippen LogP contribution in [-0.4, -0.2) is 29.6 Å². The lowest BCUT2D eigenvalue weighted by Gasteiger charge is -2.12. The molecule has 0 bridgehead atoms. The fourth-order valence-electron chi connectivity index (χ4n) is 3.00. The molecule has 0 radical (unpaired) electrons. The van der Waals surface area contributed by atoms with E-state index in [9.17, 15) is 8.42 Å². The molecule has 1 N–H and O–H groups in total. The van der Waals surface area contributed by atoms with Gasteiger partial charge in [0.2, 0.25) is 0 Å². The Morgan fingerprint density at radius 1 is 1.11 bits per heavy atom. The van der Waals surface area contributed by atoms with Crippen LogP contribution in [0.3, 0.4) is 0 Å². The Balaban J connectivity index is 1.89. The summed E-state index contributed by atoms with van der Waals surface area (Å²) < 4.78 is 28.2. The number of anilines is 2. The molecule has 0 aliphatic carbocycles. The minimum Gasteiger partial charge on any atom is -0.355 e. The summed E-state index contributed by atoms with van der Waals surface area (Å²) in [5, 5.41) is 8.93. The zero-order valence-corrected chi connectivity index (χ0v) is 15.7. The van der Waals surface area contributed by atoms with E-state index < -0.39 is 10.1 Å². The van der Waals surface area contributed by atoms with Gasteiger partial charge in [0.05, 0.1) is 29.0 Å². The van der Waals surface area contributed by atoms with Crippen molar-refractivity contribution in [1.29, 1.82) is 0 Å². The maximum atomic E-state index is 11.6. The van der Waals surface area contributed by atoms with Gasteiger partial charge in [0, 0.05) is 17.3 Å².